The summed E-state index contributed by atoms with van der Waals surface area (Å²) in [6.07, 6.45) is 8.55. The lowest BCUT2D eigenvalue weighted by Gasteiger charge is -2.41. The molecule has 20 heavy (non-hydrogen) atoms. The number of benzene rings is 1. The summed E-state index contributed by atoms with van der Waals surface area (Å²) in [7, 11) is 0. The molecule has 0 saturated heterocycles. The van der Waals surface area contributed by atoms with Crippen LogP contribution in [0.2, 0.25) is 0 Å². The van der Waals surface area contributed by atoms with E-state index in [-0.39, 0.29) is 0 Å². The van der Waals surface area contributed by atoms with E-state index in [2.05, 4.69) is 40.7 Å². The largest absolute Gasteiger partial charge is 0.417 e. The van der Waals surface area contributed by atoms with Crippen LogP contribution < -0.4 is 5.46 Å². The zero-order chi connectivity index (χ0) is 13.8. The van der Waals surface area contributed by atoms with E-state index in [1.165, 1.54) is 5.46 Å². The van der Waals surface area contributed by atoms with Crippen LogP contribution in [0.25, 0.3) is 0 Å². The monoisotopic (exact) mass is 283 g/mol. The van der Waals surface area contributed by atoms with Crippen molar-refractivity contribution in [2.45, 2.75) is 0 Å². The first kappa shape index (κ1) is 13.1. The first-order chi connectivity index (χ1) is 9.88. The van der Waals surface area contributed by atoms with Crippen LogP contribution in [-0.2, 0) is 0 Å². The Kier molecular flexibility index (Phi) is 3.65. The molecule has 0 radical (unpaired) electrons. The van der Waals surface area contributed by atoms with Gasteiger partial charge in [-0.25, -0.2) is 10.2 Å². The Morgan fingerprint density at radius 1 is 0.950 bits per heavy atom. The van der Waals surface area contributed by atoms with Crippen LogP contribution in [-0.4, -0.2) is 37.7 Å². The number of nitrogens with zero attached hydrogens (tertiary/aromatic N) is 4. The summed E-state index contributed by atoms with van der Waals surface area (Å²) in [5, 5.41) is 9.02. The molecule has 6 heteroatoms. The molecule has 2 heterocycles. The van der Waals surface area contributed by atoms with E-state index in [1.807, 2.05) is 52.2 Å². The van der Waals surface area contributed by atoms with Crippen molar-refractivity contribution in [2.75, 3.05) is 11.9 Å². The van der Waals surface area contributed by atoms with Crippen molar-refractivity contribution < 1.29 is 0 Å². The van der Waals surface area contributed by atoms with Gasteiger partial charge in [0.05, 0.1) is 0 Å². The van der Waals surface area contributed by atoms with E-state index in [4.69, 9.17) is 0 Å². The summed E-state index contributed by atoms with van der Waals surface area (Å²) in [5.74, 6) is 0. The Morgan fingerprint density at radius 3 is 2.00 bits per heavy atom. The highest BCUT2D eigenvalue weighted by molar-refractivity contribution is 8.00. The Morgan fingerprint density at radius 2 is 1.55 bits per heavy atom. The van der Waals surface area contributed by atoms with Crippen molar-refractivity contribution in [1.29, 1.82) is 0 Å². The van der Waals surface area contributed by atoms with Crippen LogP contribution in [0, 0.1) is 0 Å². The topological polar surface area (TPSA) is 35.6 Å². The standard InChI is InChI=1S/C14H16BN4S/c1-20-13-15(18-11-5-9-16-18,19-12-6-10-17-19)14-7-3-2-4-8-14/h2-12H,13H2,1H3/q-1. The minimum atomic E-state index is -1.25. The second-order valence-corrected chi connectivity index (χ2v) is 5.69. The van der Waals surface area contributed by atoms with E-state index >= 15 is 0 Å². The molecule has 0 aliphatic rings. The van der Waals surface area contributed by atoms with E-state index in [1.54, 1.807) is 11.8 Å². The zero-order valence-corrected chi connectivity index (χ0v) is 12.1. The summed E-state index contributed by atoms with van der Waals surface area (Å²) in [5.41, 5.74) is 2.14. The fourth-order valence-corrected chi connectivity index (χ4v) is 3.70. The van der Waals surface area contributed by atoms with Gasteiger partial charge in [-0.3, -0.25) is 0 Å². The Balaban J connectivity index is 2.25. The van der Waals surface area contributed by atoms with Gasteiger partial charge in [-0.05, 0) is 30.8 Å². The molecule has 0 aliphatic carbocycles. The molecule has 102 valence electrons. The van der Waals surface area contributed by atoms with Gasteiger partial charge < -0.3 is 9.19 Å². The maximum atomic E-state index is 4.51. The minimum absolute atomic E-state index is 0.910. The molecule has 0 aliphatic heterocycles. The molecule has 0 fully saturated rings. The van der Waals surface area contributed by atoms with E-state index in [0.717, 1.165) is 5.65 Å². The van der Waals surface area contributed by atoms with Crippen molar-refractivity contribution in [1.82, 2.24) is 19.4 Å². The first-order valence-electron chi connectivity index (χ1n) is 6.59. The van der Waals surface area contributed by atoms with Gasteiger partial charge >= 0.3 is 0 Å². The van der Waals surface area contributed by atoms with Gasteiger partial charge in [0.25, 0.3) is 6.42 Å². The summed E-state index contributed by atoms with van der Waals surface area (Å²) >= 11 is 1.81. The minimum Gasteiger partial charge on any atom is -0.417 e. The lowest BCUT2D eigenvalue weighted by molar-refractivity contribution is 0.831. The van der Waals surface area contributed by atoms with Crippen molar-refractivity contribution in [3.63, 3.8) is 0 Å². The highest BCUT2D eigenvalue weighted by Crippen LogP contribution is 2.14. The molecule has 0 spiro atoms. The second-order valence-electron chi connectivity index (χ2n) is 4.78. The van der Waals surface area contributed by atoms with Gasteiger partial charge in [0.1, 0.15) is 0 Å². The Bertz CT molecular complexity index is 603. The normalized spacial score (nSPS) is 11.7. The molecule has 0 atom stereocenters. The highest BCUT2D eigenvalue weighted by Gasteiger charge is 2.32. The van der Waals surface area contributed by atoms with Crippen LogP contribution in [0.3, 0.4) is 0 Å². The zero-order valence-electron chi connectivity index (χ0n) is 11.3. The maximum absolute atomic E-state index is 4.51. The van der Waals surface area contributed by atoms with Gasteiger partial charge in [-0.1, -0.05) is 36.0 Å². The number of thioether (sulfide) groups is 1. The summed E-state index contributed by atoms with van der Waals surface area (Å²) < 4.78 is 4.08. The molecule has 1 aromatic carbocycles. The van der Waals surface area contributed by atoms with Crippen molar-refractivity contribution in [3.05, 3.63) is 67.3 Å². The van der Waals surface area contributed by atoms with Crippen LogP contribution in [0.5, 0.6) is 0 Å². The van der Waals surface area contributed by atoms with Crippen LogP contribution >= 0.6 is 11.8 Å². The average molecular weight is 283 g/mol. The van der Waals surface area contributed by atoms with Crippen LogP contribution in [0.1, 0.15) is 0 Å². The Labute approximate surface area is 122 Å². The molecular weight excluding hydrogens is 267 g/mol. The predicted octanol–water partition coefficient (Wildman–Crippen LogP) is 1.73. The molecule has 3 rings (SSSR count). The molecule has 4 nitrogen and oxygen atoms in total. The lowest BCUT2D eigenvalue weighted by Crippen LogP contribution is -2.64. The molecular formula is C14H16BN4S-. The van der Waals surface area contributed by atoms with E-state index < -0.39 is 6.42 Å². The average Bonchev–Trinajstić information content (AvgIpc) is 3.19. The SMILES string of the molecule is CSC[B-](c1ccccc1)(n1cccn1)n1cccn1. The fourth-order valence-electron chi connectivity index (χ4n) is 2.74. The summed E-state index contributed by atoms with van der Waals surface area (Å²) in [6, 6.07) is 14.4. The van der Waals surface area contributed by atoms with Crippen molar-refractivity contribution in [3.8, 4) is 0 Å². The Hall–Kier alpha value is -1.95. The smallest absolute Gasteiger partial charge is 0.261 e. The van der Waals surface area contributed by atoms with Gasteiger partial charge in [0.2, 0.25) is 0 Å². The number of hydrogen-bond donors (Lipinski definition) is 0. The second kappa shape index (κ2) is 5.59. The summed E-state index contributed by atoms with van der Waals surface area (Å²) in [6.45, 7) is 0. The van der Waals surface area contributed by atoms with Gasteiger partial charge in [0, 0.05) is 12.4 Å². The number of aromatic nitrogens is 4. The van der Waals surface area contributed by atoms with Gasteiger partial charge in [-0.15, -0.1) is 0 Å². The van der Waals surface area contributed by atoms with E-state index in [0.29, 0.717) is 0 Å². The summed E-state index contributed by atoms with van der Waals surface area (Å²) in [4.78, 5) is 0. The lowest BCUT2D eigenvalue weighted by atomic mass is 9.43. The molecule has 0 amide bonds. The van der Waals surface area contributed by atoms with Gasteiger partial charge in [-0.2, -0.15) is 17.2 Å². The third-order valence-electron chi connectivity index (χ3n) is 3.66. The number of rotatable bonds is 5. The quantitative estimate of drug-likeness (QED) is 0.669. The molecule has 0 N–H and O–H groups in total. The third-order valence-corrected chi connectivity index (χ3v) is 4.46. The van der Waals surface area contributed by atoms with Gasteiger partial charge in [0.15, 0.2) is 0 Å². The molecule has 0 saturated carbocycles. The first-order valence-corrected chi connectivity index (χ1v) is 7.98. The van der Waals surface area contributed by atoms with Crippen LogP contribution in [0.4, 0.5) is 0 Å². The fraction of sp³-hybridized carbons (Fsp3) is 0.143. The van der Waals surface area contributed by atoms with Crippen molar-refractivity contribution >= 4 is 23.6 Å². The maximum Gasteiger partial charge on any atom is 0.261 e. The molecule has 0 bridgehead atoms. The highest BCUT2D eigenvalue weighted by atomic mass is 32.2. The predicted molar refractivity (Wildman–Crippen MR) is 85.5 cm³/mol. The third kappa shape index (κ3) is 2.06. The van der Waals surface area contributed by atoms with E-state index in [9.17, 15) is 0 Å². The van der Waals surface area contributed by atoms with Crippen molar-refractivity contribution in [2.24, 2.45) is 0 Å². The molecule has 2 aromatic heterocycles. The molecule has 3 aromatic rings. The van der Waals surface area contributed by atoms with Crippen LogP contribution in [0.15, 0.2) is 67.3 Å². The molecule has 0 unspecified atom stereocenters. The number of hydrogen-bond acceptors (Lipinski definition) is 3.